The molecule has 1 amide bonds. The van der Waals surface area contributed by atoms with Crippen LogP contribution in [-0.4, -0.2) is 35.3 Å². The van der Waals surface area contributed by atoms with Crippen LogP contribution in [0.15, 0.2) is 54.6 Å². The number of aliphatic hydroxyl groups is 1. The molecule has 2 aromatic rings. The molecular formula is C21H27NO4. The standard InChI is InChI=1S/C21H27NO4/c1-21(2,3)26-20(24)22(4)14-19(23)17-11-8-12-18(13-17)25-15-16-9-6-5-7-10-16/h5-13,19,23H,14-15H2,1-4H3/t19-/m0/s1. The third-order valence-electron chi connectivity index (χ3n) is 3.64. The molecule has 5 nitrogen and oxygen atoms in total. The number of likely N-dealkylation sites (N-methyl/N-ethyl adjacent to an activating group) is 1. The maximum Gasteiger partial charge on any atom is 0.410 e. The lowest BCUT2D eigenvalue weighted by atomic mass is 10.1. The van der Waals surface area contributed by atoms with Gasteiger partial charge in [0.1, 0.15) is 18.0 Å². The molecule has 0 saturated carbocycles. The van der Waals surface area contributed by atoms with Crippen LogP contribution in [0.1, 0.15) is 38.0 Å². The zero-order chi connectivity index (χ0) is 19.2. The highest BCUT2D eigenvalue weighted by Crippen LogP contribution is 2.21. The van der Waals surface area contributed by atoms with Gasteiger partial charge in [0, 0.05) is 7.05 Å². The van der Waals surface area contributed by atoms with Crippen LogP contribution in [0.5, 0.6) is 5.75 Å². The summed E-state index contributed by atoms with van der Waals surface area (Å²) in [4.78, 5) is 13.4. The second-order valence-corrected chi connectivity index (χ2v) is 7.22. The summed E-state index contributed by atoms with van der Waals surface area (Å²) in [6, 6.07) is 17.1. The first-order chi connectivity index (χ1) is 12.2. The third-order valence-corrected chi connectivity index (χ3v) is 3.64. The van der Waals surface area contributed by atoms with Gasteiger partial charge in [-0.15, -0.1) is 0 Å². The molecule has 1 atom stereocenters. The first kappa shape index (κ1) is 19.8. The van der Waals surface area contributed by atoms with E-state index in [2.05, 4.69) is 0 Å². The quantitative estimate of drug-likeness (QED) is 0.843. The van der Waals surface area contributed by atoms with E-state index in [1.54, 1.807) is 13.1 Å². The van der Waals surface area contributed by atoms with Crippen LogP contribution in [0.25, 0.3) is 0 Å². The van der Waals surface area contributed by atoms with Gasteiger partial charge in [0.15, 0.2) is 0 Å². The summed E-state index contributed by atoms with van der Waals surface area (Å²) in [5, 5.41) is 10.4. The SMILES string of the molecule is CN(C[C@H](O)c1cccc(OCc2ccccc2)c1)C(=O)OC(C)(C)C. The van der Waals surface area contributed by atoms with Crippen molar-refractivity contribution in [2.45, 2.75) is 39.1 Å². The molecule has 0 bridgehead atoms. The lowest BCUT2D eigenvalue weighted by Crippen LogP contribution is -2.36. The average molecular weight is 357 g/mol. The third kappa shape index (κ3) is 6.41. The number of rotatable bonds is 6. The minimum atomic E-state index is -0.826. The fourth-order valence-electron chi connectivity index (χ4n) is 2.33. The smallest absolute Gasteiger partial charge is 0.410 e. The highest BCUT2D eigenvalue weighted by atomic mass is 16.6. The fraction of sp³-hybridized carbons (Fsp3) is 0.381. The lowest BCUT2D eigenvalue weighted by molar-refractivity contribution is 0.0205. The van der Waals surface area contributed by atoms with Crippen molar-refractivity contribution in [3.63, 3.8) is 0 Å². The number of nitrogens with zero attached hydrogens (tertiary/aromatic N) is 1. The molecule has 0 aliphatic rings. The van der Waals surface area contributed by atoms with E-state index in [4.69, 9.17) is 9.47 Å². The normalized spacial score (nSPS) is 12.3. The summed E-state index contributed by atoms with van der Waals surface area (Å²) in [5.41, 5.74) is 1.19. The van der Waals surface area contributed by atoms with E-state index in [-0.39, 0.29) is 6.54 Å². The van der Waals surface area contributed by atoms with Crippen LogP contribution in [-0.2, 0) is 11.3 Å². The topological polar surface area (TPSA) is 59.0 Å². The highest BCUT2D eigenvalue weighted by Gasteiger charge is 2.22. The van der Waals surface area contributed by atoms with Gasteiger partial charge in [-0.2, -0.15) is 0 Å². The molecule has 5 heteroatoms. The van der Waals surface area contributed by atoms with Gasteiger partial charge in [-0.25, -0.2) is 4.79 Å². The number of aliphatic hydroxyl groups excluding tert-OH is 1. The molecule has 0 aliphatic carbocycles. The Kier molecular flexibility index (Phi) is 6.64. The molecule has 1 N–H and O–H groups in total. The van der Waals surface area contributed by atoms with Gasteiger partial charge in [0.2, 0.25) is 0 Å². The molecule has 0 heterocycles. The number of ether oxygens (including phenoxy) is 2. The lowest BCUT2D eigenvalue weighted by Gasteiger charge is -2.26. The molecule has 0 fully saturated rings. The molecule has 0 unspecified atom stereocenters. The molecular weight excluding hydrogens is 330 g/mol. The van der Waals surface area contributed by atoms with Crippen LogP contribution < -0.4 is 4.74 Å². The maximum absolute atomic E-state index is 12.0. The molecule has 0 aliphatic heterocycles. The minimum Gasteiger partial charge on any atom is -0.489 e. The van der Waals surface area contributed by atoms with Crippen molar-refractivity contribution >= 4 is 6.09 Å². The van der Waals surface area contributed by atoms with Crippen molar-refractivity contribution in [1.29, 1.82) is 0 Å². The van der Waals surface area contributed by atoms with Gasteiger partial charge < -0.3 is 19.5 Å². The Labute approximate surface area is 155 Å². The van der Waals surface area contributed by atoms with Crippen LogP contribution >= 0.6 is 0 Å². The summed E-state index contributed by atoms with van der Waals surface area (Å²) in [7, 11) is 1.60. The van der Waals surface area contributed by atoms with Gasteiger partial charge in [0.05, 0.1) is 12.6 Å². The van der Waals surface area contributed by atoms with Crippen LogP contribution in [0.3, 0.4) is 0 Å². The zero-order valence-corrected chi connectivity index (χ0v) is 15.8. The zero-order valence-electron chi connectivity index (χ0n) is 15.8. The minimum absolute atomic E-state index is 0.136. The summed E-state index contributed by atoms with van der Waals surface area (Å²) in [5.74, 6) is 0.672. The van der Waals surface area contributed by atoms with Crippen molar-refractivity contribution < 1.29 is 19.4 Å². The van der Waals surface area contributed by atoms with Gasteiger partial charge >= 0.3 is 6.09 Å². The van der Waals surface area contributed by atoms with E-state index in [0.29, 0.717) is 17.9 Å². The number of hydrogen-bond donors (Lipinski definition) is 1. The molecule has 0 aromatic heterocycles. The predicted octanol–water partition coefficient (Wildman–Crippen LogP) is 4.17. The molecule has 0 radical (unpaired) electrons. The average Bonchev–Trinajstić information content (AvgIpc) is 2.59. The summed E-state index contributed by atoms with van der Waals surface area (Å²) in [6.07, 6.45) is -1.29. The van der Waals surface area contributed by atoms with E-state index < -0.39 is 17.8 Å². The van der Waals surface area contributed by atoms with Gasteiger partial charge in [0.25, 0.3) is 0 Å². The number of benzene rings is 2. The molecule has 2 aromatic carbocycles. The van der Waals surface area contributed by atoms with Crippen LogP contribution in [0, 0.1) is 0 Å². The molecule has 0 saturated heterocycles. The first-order valence-corrected chi connectivity index (χ1v) is 8.63. The maximum atomic E-state index is 12.0. The summed E-state index contributed by atoms with van der Waals surface area (Å²) >= 11 is 0. The summed E-state index contributed by atoms with van der Waals surface area (Å²) in [6.45, 7) is 6.02. The van der Waals surface area contributed by atoms with Crippen molar-refractivity contribution in [1.82, 2.24) is 4.90 Å². The molecule has 26 heavy (non-hydrogen) atoms. The summed E-state index contributed by atoms with van der Waals surface area (Å²) < 4.78 is 11.1. The monoisotopic (exact) mass is 357 g/mol. The van der Waals surface area contributed by atoms with E-state index in [9.17, 15) is 9.90 Å². The second kappa shape index (κ2) is 8.72. The Balaban J connectivity index is 1.94. The van der Waals surface area contributed by atoms with E-state index in [0.717, 1.165) is 5.56 Å². The Hall–Kier alpha value is -2.53. The Bertz CT molecular complexity index is 709. The van der Waals surface area contributed by atoms with Crippen molar-refractivity contribution in [2.24, 2.45) is 0 Å². The van der Waals surface area contributed by atoms with Gasteiger partial charge in [-0.3, -0.25) is 0 Å². The van der Waals surface area contributed by atoms with Crippen molar-refractivity contribution in [3.8, 4) is 5.75 Å². The number of hydrogen-bond acceptors (Lipinski definition) is 4. The predicted molar refractivity (Wildman–Crippen MR) is 101 cm³/mol. The Morgan fingerprint density at radius 2 is 1.81 bits per heavy atom. The molecule has 0 spiro atoms. The Morgan fingerprint density at radius 1 is 1.12 bits per heavy atom. The van der Waals surface area contributed by atoms with Crippen LogP contribution in [0.2, 0.25) is 0 Å². The largest absolute Gasteiger partial charge is 0.489 e. The number of amides is 1. The first-order valence-electron chi connectivity index (χ1n) is 8.63. The van der Waals surface area contributed by atoms with E-state index in [1.807, 2.05) is 69.3 Å². The van der Waals surface area contributed by atoms with Crippen LogP contribution in [0.4, 0.5) is 4.79 Å². The fourth-order valence-corrected chi connectivity index (χ4v) is 2.33. The second-order valence-electron chi connectivity index (χ2n) is 7.22. The van der Waals surface area contributed by atoms with E-state index >= 15 is 0 Å². The molecule has 2 rings (SSSR count). The van der Waals surface area contributed by atoms with Crippen molar-refractivity contribution in [2.75, 3.05) is 13.6 Å². The van der Waals surface area contributed by atoms with Crippen molar-refractivity contribution in [3.05, 3.63) is 65.7 Å². The van der Waals surface area contributed by atoms with E-state index in [1.165, 1.54) is 4.90 Å². The molecule has 140 valence electrons. The number of carbonyl (C=O) groups excluding carboxylic acids is 1. The highest BCUT2D eigenvalue weighted by molar-refractivity contribution is 5.67. The number of carbonyl (C=O) groups is 1. The Morgan fingerprint density at radius 3 is 2.46 bits per heavy atom. The van der Waals surface area contributed by atoms with Gasteiger partial charge in [-0.1, -0.05) is 42.5 Å². The van der Waals surface area contributed by atoms with Gasteiger partial charge in [-0.05, 0) is 44.0 Å².